The number of benzene rings is 1. The number of halogens is 1. The van der Waals surface area contributed by atoms with Gasteiger partial charge >= 0.3 is 0 Å². The van der Waals surface area contributed by atoms with E-state index in [0.717, 1.165) is 22.2 Å². The molecule has 0 spiro atoms. The van der Waals surface area contributed by atoms with Gasteiger partial charge < -0.3 is 4.98 Å². The first kappa shape index (κ1) is 13.0. The lowest BCUT2D eigenvalue weighted by Gasteiger charge is -2.08. The van der Waals surface area contributed by atoms with Gasteiger partial charge in [-0.1, -0.05) is 18.2 Å². The Morgan fingerprint density at radius 3 is 2.65 bits per heavy atom. The van der Waals surface area contributed by atoms with Crippen molar-refractivity contribution < 1.29 is 0 Å². The normalized spacial score (nSPS) is 10.9. The molecule has 5 heteroatoms. The van der Waals surface area contributed by atoms with Crippen LogP contribution in [0, 0.1) is 13.8 Å². The van der Waals surface area contributed by atoms with Gasteiger partial charge in [-0.05, 0) is 41.9 Å². The number of aromatic amines is 1. The fraction of sp³-hybridized carbons (Fsp3) is 0.133. The fourth-order valence-corrected chi connectivity index (χ4v) is 2.39. The van der Waals surface area contributed by atoms with E-state index in [1.165, 1.54) is 0 Å². The average molecular weight is 330 g/mol. The van der Waals surface area contributed by atoms with Crippen LogP contribution in [0.4, 0.5) is 0 Å². The number of aromatic nitrogens is 3. The Hall–Kier alpha value is -2.01. The summed E-state index contributed by atoms with van der Waals surface area (Å²) in [5, 5.41) is 0.975. The Labute approximate surface area is 124 Å². The highest BCUT2D eigenvalue weighted by Crippen LogP contribution is 2.26. The van der Waals surface area contributed by atoms with Gasteiger partial charge in [0, 0.05) is 16.6 Å². The van der Waals surface area contributed by atoms with Crippen molar-refractivity contribution in [3.63, 3.8) is 0 Å². The molecular weight excluding hydrogens is 318 g/mol. The largest absolute Gasteiger partial charge is 0.306 e. The van der Waals surface area contributed by atoms with Gasteiger partial charge in [0.2, 0.25) is 0 Å². The van der Waals surface area contributed by atoms with Crippen LogP contribution >= 0.6 is 15.9 Å². The van der Waals surface area contributed by atoms with Crippen molar-refractivity contribution in [3.8, 4) is 11.4 Å². The second-order valence-electron chi connectivity index (χ2n) is 4.64. The van der Waals surface area contributed by atoms with E-state index in [4.69, 9.17) is 0 Å². The molecule has 2 heterocycles. The fourth-order valence-electron chi connectivity index (χ4n) is 2.20. The molecule has 100 valence electrons. The predicted octanol–water partition coefficient (Wildman–Crippen LogP) is 3.36. The summed E-state index contributed by atoms with van der Waals surface area (Å²) in [5.41, 5.74) is 3.17. The van der Waals surface area contributed by atoms with Crippen LogP contribution in [-0.4, -0.2) is 15.0 Å². The number of aryl methyl sites for hydroxylation is 2. The van der Waals surface area contributed by atoms with Crippen molar-refractivity contribution in [1.82, 2.24) is 15.0 Å². The maximum atomic E-state index is 11.9. The number of pyridine rings is 1. The van der Waals surface area contributed by atoms with Crippen LogP contribution in [0.15, 0.2) is 39.6 Å². The Bertz CT molecular complexity index is 871. The van der Waals surface area contributed by atoms with Crippen LogP contribution in [0.2, 0.25) is 0 Å². The van der Waals surface area contributed by atoms with E-state index in [-0.39, 0.29) is 5.56 Å². The van der Waals surface area contributed by atoms with Gasteiger partial charge in [0.15, 0.2) is 0 Å². The van der Waals surface area contributed by atoms with E-state index < -0.39 is 0 Å². The zero-order valence-electron chi connectivity index (χ0n) is 11.1. The van der Waals surface area contributed by atoms with Gasteiger partial charge in [0.25, 0.3) is 5.56 Å². The third-order valence-electron chi connectivity index (χ3n) is 3.13. The zero-order valence-corrected chi connectivity index (χ0v) is 12.7. The highest BCUT2D eigenvalue weighted by Gasteiger charge is 2.11. The molecule has 4 nitrogen and oxygen atoms in total. The van der Waals surface area contributed by atoms with Gasteiger partial charge in [-0.25, -0.2) is 4.98 Å². The molecule has 0 aliphatic carbocycles. The summed E-state index contributed by atoms with van der Waals surface area (Å²) in [6, 6.07) is 9.77. The highest BCUT2D eigenvalue weighted by molar-refractivity contribution is 9.10. The predicted molar refractivity (Wildman–Crippen MR) is 82.8 cm³/mol. The second kappa shape index (κ2) is 4.83. The molecule has 0 aliphatic rings. The van der Waals surface area contributed by atoms with Crippen molar-refractivity contribution in [2.45, 2.75) is 13.8 Å². The maximum Gasteiger partial charge on any atom is 0.265 e. The number of H-pyrrole nitrogens is 1. The maximum absolute atomic E-state index is 11.9. The Morgan fingerprint density at radius 2 is 1.90 bits per heavy atom. The van der Waals surface area contributed by atoms with Crippen LogP contribution in [-0.2, 0) is 0 Å². The summed E-state index contributed by atoms with van der Waals surface area (Å²) in [6.07, 6.45) is 0. The lowest BCUT2D eigenvalue weighted by molar-refractivity contribution is 1.05. The van der Waals surface area contributed by atoms with E-state index >= 15 is 0 Å². The summed E-state index contributed by atoms with van der Waals surface area (Å²) in [7, 11) is 0. The van der Waals surface area contributed by atoms with Crippen molar-refractivity contribution in [1.29, 1.82) is 0 Å². The SMILES string of the molecule is Cc1cc(-c2nc(C)c(Br)c(=O)[nH]2)c2ccccc2n1. The van der Waals surface area contributed by atoms with Crippen LogP contribution in [0.5, 0.6) is 0 Å². The summed E-state index contributed by atoms with van der Waals surface area (Å²) < 4.78 is 0.469. The number of nitrogens with one attached hydrogen (secondary N) is 1. The third kappa shape index (κ3) is 2.14. The number of nitrogens with zero attached hydrogens (tertiary/aromatic N) is 2. The molecule has 1 N–H and O–H groups in total. The Morgan fingerprint density at radius 1 is 1.15 bits per heavy atom. The summed E-state index contributed by atoms with van der Waals surface area (Å²) in [6.45, 7) is 3.73. The number of hydrogen-bond donors (Lipinski definition) is 1. The lowest BCUT2D eigenvalue weighted by atomic mass is 10.1. The molecule has 0 aliphatic heterocycles. The van der Waals surface area contributed by atoms with E-state index in [1.54, 1.807) is 6.92 Å². The van der Waals surface area contributed by atoms with Crippen molar-refractivity contribution in [2.75, 3.05) is 0 Å². The van der Waals surface area contributed by atoms with E-state index in [1.807, 2.05) is 37.3 Å². The summed E-state index contributed by atoms with van der Waals surface area (Å²) in [4.78, 5) is 23.7. The van der Waals surface area contributed by atoms with E-state index in [9.17, 15) is 4.79 Å². The number of para-hydroxylation sites is 1. The molecule has 0 bridgehead atoms. The average Bonchev–Trinajstić information content (AvgIpc) is 2.43. The number of hydrogen-bond acceptors (Lipinski definition) is 3. The van der Waals surface area contributed by atoms with Crippen LogP contribution in [0.1, 0.15) is 11.4 Å². The quantitative estimate of drug-likeness (QED) is 0.744. The molecule has 0 saturated heterocycles. The molecule has 0 fully saturated rings. The lowest BCUT2D eigenvalue weighted by Crippen LogP contribution is -2.12. The van der Waals surface area contributed by atoms with Gasteiger partial charge in [0.05, 0.1) is 11.2 Å². The molecule has 20 heavy (non-hydrogen) atoms. The molecule has 0 atom stereocenters. The highest BCUT2D eigenvalue weighted by atomic mass is 79.9. The van der Waals surface area contributed by atoms with Crippen molar-refractivity contribution in [2.24, 2.45) is 0 Å². The minimum absolute atomic E-state index is 0.175. The summed E-state index contributed by atoms with van der Waals surface area (Å²) >= 11 is 3.23. The molecule has 0 unspecified atom stereocenters. The first-order chi connectivity index (χ1) is 9.56. The smallest absolute Gasteiger partial charge is 0.265 e. The standard InChI is InChI=1S/C15H12BrN3O/c1-8-7-11(10-5-3-4-6-12(10)17-8)14-18-9(2)13(16)15(20)19-14/h3-7H,1-2H3,(H,18,19,20). The van der Waals surface area contributed by atoms with Crippen LogP contribution in [0.25, 0.3) is 22.3 Å². The molecular formula is C15H12BrN3O. The molecule has 0 amide bonds. The van der Waals surface area contributed by atoms with Crippen LogP contribution in [0.3, 0.4) is 0 Å². The van der Waals surface area contributed by atoms with Crippen LogP contribution < -0.4 is 5.56 Å². The van der Waals surface area contributed by atoms with E-state index in [0.29, 0.717) is 16.0 Å². The van der Waals surface area contributed by atoms with Gasteiger partial charge in [-0.2, -0.15) is 0 Å². The van der Waals surface area contributed by atoms with Crippen molar-refractivity contribution in [3.05, 3.63) is 56.5 Å². The number of fused-ring (bicyclic) bond motifs is 1. The molecule has 1 aromatic carbocycles. The molecule has 3 aromatic rings. The molecule has 0 saturated carbocycles. The van der Waals surface area contributed by atoms with Gasteiger partial charge in [-0.3, -0.25) is 9.78 Å². The molecule has 3 rings (SSSR count). The Kier molecular flexibility index (Phi) is 3.14. The second-order valence-corrected chi connectivity index (χ2v) is 5.44. The minimum Gasteiger partial charge on any atom is -0.306 e. The molecule has 2 aromatic heterocycles. The van der Waals surface area contributed by atoms with E-state index in [2.05, 4.69) is 30.9 Å². The summed E-state index contributed by atoms with van der Waals surface area (Å²) in [5.74, 6) is 0.567. The first-order valence-corrected chi connectivity index (χ1v) is 6.99. The third-order valence-corrected chi connectivity index (χ3v) is 4.06. The molecule has 0 radical (unpaired) electrons. The first-order valence-electron chi connectivity index (χ1n) is 6.19. The van der Waals surface area contributed by atoms with Gasteiger partial charge in [0.1, 0.15) is 10.3 Å². The monoisotopic (exact) mass is 329 g/mol. The minimum atomic E-state index is -0.175. The number of rotatable bonds is 1. The topological polar surface area (TPSA) is 58.6 Å². The van der Waals surface area contributed by atoms with Crippen molar-refractivity contribution >= 4 is 26.8 Å². The van der Waals surface area contributed by atoms with Gasteiger partial charge in [-0.15, -0.1) is 0 Å². The Balaban J connectivity index is 2.37. The zero-order chi connectivity index (χ0) is 14.3.